The number of aliphatic hydroxyl groups is 1. The zero-order valence-electron chi connectivity index (χ0n) is 18.0. The number of halogens is 2. The SMILES string of the molecule is Cc1cc(CO)nn1-c1ccc(CC(=O)Cc2cnc3cc(Cl)nn3c2C(C)C)cc1Cl. The van der Waals surface area contributed by atoms with Crippen LogP contribution in [0.25, 0.3) is 11.3 Å². The molecule has 0 amide bonds. The van der Waals surface area contributed by atoms with E-state index in [1.165, 1.54) is 0 Å². The molecule has 0 atom stereocenters. The second-order valence-corrected chi connectivity index (χ2v) is 8.88. The molecule has 4 aromatic rings. The van der Waals surface area contributed by atoms with Gasteiger partial charge in [0.05, 0.1) is 28.7 Å². The molecule has 0 aliphatic carbocycles. The van der Waals surface area contributed by atoms with Gasteiger partial charge in [0.2, 0.25) is 0 Å². The highest BCUT2D eigenvalue weighted by molar-refractivity contribution is 6.32. The third-order valence-electron chi connectivity index (χ3n) is 5.25. The van der Waals surface area contributed by atoms with Crippen molar-refractivity contribution < 1.29 is 9.90 Å². The van der Waals surface area contributed by atoms with Crippen molar-refractivity contribution in [1.82, 2.24) is 24.4 Å². The molecule has 0 aliphatic rings. The Kier molecular flexibility index (Phi) is 6.33. The number of fused-ring (bicyclic) bond motifs is 1. The third kappa shape index (κ3) is 4.41. The number of rotatable bonds is 7. The lowest BCUT2D eigenvalue weighted by molar-refractivity contribution is -0.117. The molecule has 3 heterocycles. The highest BCUT2D eigenvalue weighted by atomic mass is 35.5. The van der Waals surface area contributed by atoms with Crippen molar-refractivity contribution in [3.63, 3.8) is 0 Å². The van der Waals surface area contributed by atoms with Gasteiger partial charge < -0.3 is 5.11 Å². The zero-order valence-corrected chi connectivity index (χ0v) is 19.5. The van der Waals surface area contributed by atoms with Gasteiger partial charge in [0.1, 0.15) is 5.78 Å². The van der Waals surface area contributed by atoms with Gasteiger partial charge in [-0.1, -0.05) is 43.1 Å². The van der Waals surface area contributed by atoms with Crippen LogP contribution in [0.15, 0.2) is 36.5 Å². The van der Waals surface area contributed by atoms with E-state index >= 15 is 0 Å². The molecule has 3 aromatic heterocycles. The molecule has 1 N–H and O–H groups in total. The fraction of sp³-hybridized carbons (Fsp3) is 0.304. The van der Waals surface area contributed by atoms with Crippen LogP contribution in [0.3, 0.4) is 0 Å². The van der Waals surface area contributed by atoms with Gasteiger partial charge in [-0.3, -0.25) is 4.79 Å². The molecule has 9 heteroatoms. The topological polar surface area (TPSA) is 85.3 Å². The maximum absolute atomic E-state index is 12.9. The van der Waals surface area contributed by atoms with E-state index in [-0.39, 0.29) is 31.1 Å². The number of benzene rings is 1. The average Bonchev–Trinajstić information content (AvgIpc) is 3.29. The van der Waals surface area contributed by atoms with Gasteiger partial charge in [0, 0.05) is 30.8 Å². The second-order valence-electron chi connectivity index (χ2n) is 8.09. The van der Waals surface area contributed by atoms with Crippen LogP contribution < -0.4 is 0 Å². The van der Waals surface area contributed by atoms with E-state index < -0.39 is 0 Å². The number of nitrogens with zero attached hydrogens (tertiary/aromatic N) is 5. The van der Waals surface area contributed by atoms with Crippen molar-refractivity contribution in [2.75, 3.05) is 0 Å². The Hall–Kier alpha value is -2.74. The van der Waals surface area contributed by atoms with Gasteiger partial charge in [-0.25, -0.2) is 14.2 Å². The molecule has 166 valence electrons. The zero-order chi connectivity index (χ0) is 23.0. The third-order valence-corrected chi connectivity index (χ3v) is 5.73. The summed E-state index contributed by atoms with van der Waals surface area (Å²) in [6.07, 6.45) is 2.22. The Balaban J connectivity index is 1.55. The smallest absolute Gasteiger partial charge is 0.156 e. The maximum atomic E-state index is 12.9. The minimum Gasteiger partial charge on any atom is -0.390 e. The molecule has 0 bridgehead atoms. The molecule has 1 aromatic carbocycles. The number of hydrogen-bond acceptors (Lipinski definition) is 5. The summed E-state index contributed by atoms with van der Waals surface area (Å²) >= 11 is 12.5. The van der Waals surface area contributed by atoms with Crippen LogP contribution in [0, 0.1) is 6.92 Å². The van der Waals surface area contributed by atoms with Crippen molar-refractivity contribution in [1.29, 1.82) is 0 Å². The molecular formula is C23H23Cl2N5O2. The van der Waals surface area contributed by atoms with Crippen LogP contribution in [0.5, 0.6) is 0 Å². The first-order chi connectivity index (χ1) is 15.3. The minimum absolute atomic E-state index is 0.0490. The lowest BCUT2D eigenvalue weighted by atomic mass is 9.98. The van der Waals surface area contributed by atoms with E-state index in [1.807, 2.05) is 19.1 Å². The number of hydrogen-bond donors (Lipinski definition) is 1. The van der Waals surface area contributed by atoms with Crippen LogP contribution in [-0.2, 0) is 24.2 Å². The molecule has 7 nitrogen and oxygen atoms in total. The highest BCUT2D eigenvalue weighted by Gasteiger charge is 2.18. The van der Waals surface area contributed by atoms with Crippen LogP contribution >= 0.6 is 23.2 Å². The fourth-order valence-corrected chi connectivity index (χ4v) is 4.36. The molecule has 0 saturated carbocycles. The van der Waals surface area contributed by atoms with Crippen LogP contribution in [0.2, 0.25) is 10.2 Å². The van der Waals surface area contributed by atoms with Gasteiger partial charge in [-0.15, -0.1) is 0 Å². The molecule has 0 saturated heterocycles. The summed E-state index contributed by atoms with van der Waals surface area (Å²) in [6, 6.07) is 9.00. The minimum atomic E-state index is -0.137. The quantitative estimate of drug-likeness (QED) is 0.428. The molecular weight excluding hydrogens is 449 g/mol. The summed E-state index contributed by atoms with van der Waals surface area (Å²) < 4.78 is 3.40. The molecule has 0 aliphatic heterocycles. The van der Waals surface area contributed by atoms with Crippen LogP contribution in [0.4, 0.5) is 0 Å². The van der Waals surface area contributed by atoms with Crippen molar-refractivity contribution in [3.8, 4) is 5.69 Å². The first-order valence-corrected chi connectivity index (χ1v) is 11.0. The average molecular weight is 472 g/mol. The largest absolute Gasteiger partial charge is 0.390 e. The fourth-order valence-electron chi connectivity index (χ4n) is 3.90. The summed E-state index contributed by atoms with van der Waals surface area (Å²) in [7, 11) is 0. The lowest BCUT2D eigenvalue weighted by Gasteiger charge is -2.14. The van der Waals surface area contributed by atoms with E-state index in [2.05, 4.69) is 29.0 Å². The number of Topliss-reactive ketones (excluding diaryl/α,β-unsaturated/α-hetero) is 1. The van der Waals surface area contributed by atoms with Crippen molar-refractivity contribution in [3.05, 3.63) is 74.9 Å². The number of aromatic nitrogens is 5. The van der Waals surface area contributed by atoms with Gasteiger partial charge in [0.25, 0.3) is 0 Å². The normalized spacial score (nSPS) is 11.6. The second kappa shape index (κ2) is 9.02. The van der Waals surface area contributed by atoms with Crippen molar-refractivity contribution in [2.45, 2.75) is 46.1 Å². The number of carbonyl (C=O) groups excluding carboxylic acids is 1. The van der Waals surface area contributed by atoms with Gasteiger partial charge in [0.15, 0.2) is 10.8 Å². The molecule has 0 radical (unpaired) electrons. The van der Waals surface area contributed by atoms with Crippen LogP contribution in [0.1, 0.15) is 48.0 Å². The van der Waals surface area contributed by atoms with E-state index in [4.69, 9.17) is 23.2 Å². The van der Waals surface area contributed by atoms with E-state index in [0.29, 0.717) is 27.2 Å². The Labute approximate surface area is 195 Å². The Morgan fingerprint density at radius 1 is 1.12 bits per heavy atom. The number of ketones is 1. The van der Waals surface area contributed by atoms with Gasteiger partial charge in [-0.2, -0.15) is 10.2 Å². The molecule has 0 spiro atoms. The number of aliphatic hydroxyl groups excluding tert-OH is 1. The van der Waals surface area contributed by atoms with E-state index in [9.17, 15) is 9.90 Å². The van der Waals surface area contributed by atoms with Crippen molar-refractivity contribution >= 4 is 34.6 Å². The summed E-state index contributed by atoms with van der Waals surface area (Å²) in [5, 5.41) is 18.8. The van der Waals surface area contributed by atoms with E-state index in [0.717, 1.165) is 22.5 Å². The van der Waals surface area contributed by atoms with Crippen LogP contribution in [-0.4, -0.2) is 35.3 Å². The summed E-state index contributed by atoms with van der Waals surface area (Å²) in [5.41, 5.74) is 5.38. The standard InChI is InChI=1S/C23H23Cl2N5O2/c1-13(2)23-16(11-26-22-10-21(25)28-30(22)23)9-18(32)7-15-4-5-20(19(24)8-15)29-14(3)6-17(12-31)27-29/h4-6,8,10-11,13,31H,7,9,12H2,1-3H3. The molecule has 32 heavy (non-hydrogen) atoms. The van der Waals surface area contributed by atoms with Crippen molar-refractivity contribution in [2.24, 2.45) is 0 Å². The van der Waals surface area contributed by atoms with E-state index in [1.54, 1.807) is 33.6 Å². The summed E-state index contributed by atoms with van der Waals surface area (Å²) in [6.45, 7) is 5.86. The first kappa shape index (κ1) is 22.5. The maximum Gasteiger partial charge on any atom is 0.156 e. The Morgan fingerprint density at radius 2 is 1.91 bits per heavy atom. The predicted molar refractivity (Wildman–Crippen MR) is 124 cm³/mol. The summed E-state index contributed by atoms with van der Waals surface area (Å²) in [4.78, 5) is 17.3. The molecule has 4 rings (SSSR count). The van der Waals surface area contributed by atoms with Gasteiger partial charge in [-0.05, 0) is 42.2 Å². The Bertz CT molecular complexity index is 1310. The lowest BCUT2D eigenvalue weighted by Crippen LogP contribution is -2.13. The van der Waals surface area contributed by atoms with Gasteiger partial charge >= 0.3 is 0 Å². The number of carbonyl (C=O) groups is 1. The first-order valence-electron chi connectivity index (χ1n) is 10.3. The number of aryl methyl sites for hydroxylation is 1. The monoisotopic (exact) mass is 471 g/mol. The molecule has 0 unspecified atom stereocenters. The molecule has 0 fully saturated rings. The summed E-state index contributed by atoms with van der Waals surface area (Å²) in [5.74, 6) is 0.196. The predicted octanol–water partition coefficient (Wildman–Crippen LogP) is 4.50. The highest BCUT2D eigenvalue weighted by Crippen LogP contribution is 2.25. The Morgan fingerprint density at radius 3 is 2.56 bits per heavy atom.